The zero-order chi connectivity index (χ0) is 16.3. The van der Waals surface area contributed by atoms with E-state index >= 15 is 0 Å². The number of nitriles is 1. The molecule has 0 aliphatic carbocycles. The summed E-state index contributed by atoms with van der Waals surface area (Å²) >= 11 is 6.03. The highest BCUT2D eigenvalue weighted by Crippen LogP contribution is 2.37. The maximum absolute atomic E-state index is 11.7. The van der Waals surface area contributed by atoms with Crippen molar-refractivity contribution in [3.63, 3.8) is 0 Å². The van der Waals surface area contributed by atoms with Crippen molar-refractivity contribution in [2.75, 3.05) is 12.9 Å². The number of sulfone groups is 1. The molecular formula is C15H12ClN2O3S. The zero-order valence-corrected chi connectivity index (χ0v) is 13.5. The third-order valence-corrected chi connectivity index (χ3v) is 4.25. The fraction of sp³-hybridized carbons (Fsp3) is 0.200. The second-order valence-corrected chi connectivity index (χ2v) is 6.86. The monoisotopic (exact) mass is 335 g/mol. The first-order valence-electron chi connectivity index (χ1n) is 6.31. The first-order valence-corrected chi connectivity index (χ1v) is 8.58. The average Bonchev–Trinajstić information content (AvgIpc) is 2.48. The van der Waals surface area contributed by atoms with E-state index in [1.54, 1.807) is 6.92 Å². The fourth-order valence-corrected chi connectivity index (χ4v) is 2.69. The lowest BCUT2D eigenvalue weighted by Gasteiger charge is -2.13. The Morgan fingerprint density at radius 3 is 2.77 bits per heavy atom. The minimum Gasteiger partial charge on any atom is -0.493 e. The van der Waals surface area contributed by atoms with Gasteiger partial charge in [0.25, 0.3) is 0 Å². The van der Waals surface area contributed by atoms with Crippen LogP contribution in [0, 0.1) is 17.4 Å². The quantitative estimate of drug-likeness (QED) is 0.858. The molecule has 0 N–H and O–H groups in total. The Labute approximate surface area is 134 Å². The molecule has 0 amide bonds. The van der Waals surface area contributed by atoms with E-state index in [0.29, 0.717) is 23.5 Å². The van der Waals surface area contributed by atoms with Gasteiger partial charge < -0.3 is 4.74 Å². The highest BCUT2D eigenvalue weighted by Gasteiger charge is 2.18. The summed E-state index contributed by atoms with van der Waals surface area (Å²) in [5.41, 5.74) is 1.01. The number of benzene rings is 1. The van der Waals surface area contributed by atoms with E-state index in [0.717, 1.165) is 6.26 Å². The average molecular weight is 336 g/mol. The van der Waals surface area contributed by atoms with Gasteiger partial charge in [0.2, 0.25) is 0 Å². The molecule has 0 saturated heterocycles. The van der Waals surface area contributed by atoms with E-state index in [2.05, 4.69) is 11.1 Å². The molecule has 0 saturated carbocycles. The highest BCUT2D eigenvalue weighted by molar-refractivity contribution is 7.90. The van der Waals surface area contributed by atoms with Crippen LogP contribution in [-0.2, 0) is 9.84 Å². The molecule has 0 spiro atoms. The Kier molecular flexibility index (Phi) is 4.69. The van der Waals surface area contributed by atoms with Crippen LogP contribution in [0.25, 0.3) is 11.1 Å². The van der Waals surface area contributed by atoms with Crippen molar-refractivity contribution in [3.8, 4) is 22.9 Å². The molecule has 113 valence electrons. The molecule has 22 heavy (non-hydrogen) atoms. The predicted octanol–water partition coefficient (Wildman–Crippen LogP) is 2.88. The van der Waals surface area contributed by atoms with Gasteiger partial charge in [0, 0.05) is 35.8 Å². The smallest absolute Gasteiger partial charge is 0.177 e. The second-order valence-electron chi connectivity index (χ2n) is 4.44. The van der Waals surface area contributed by atoms with Gasteiger partial charge >= 0.3 is 0 Å². The van der Waals surface area contributed by atoms with Gasteiger partial charge in [0.1, 0.15) is 11.8 Å². The van der Waals surface area contributed by atoms with Crippen LogP contribution in [0.3, 0.4) is 0 Å². The van der Waals surface area contributed by atoms with Crippen molar-refractivity contribution >= 4 is 21.4 Å². The van der Waals surface area contributed by atoms with Crippen LogP contribution in [0.15, 0.2) is 29.4 Å². The second kappa shape index (κ2) is 6.34. The summed E-state index contributed by atoms with van der Waals surface area (Å²) in [7, 11) is -3.42. The summed E-state index contributed by atoms with van der Waals surface area (Å²) < 4.78 is 28.8. The Morgan fingerprint density at radius 1 is 1.45 bits per heavy atom. The summed E-state index contributed by atoms with van der Waals surface area (Å²) in [5.74, 6) is 0.330. The van der Waals surface area contributed by atoms with Gasteiger partial charge in [-0.3, -0.25) is 4.98 Å². The molecule has 0 aliphatic rings. The number of hydrogen-bond donors (Lipinski definition) is 0. The van der Waals surface area contributed by atoms with E-state index in [9.17, 15) is 13.7 Å². The number of halogens is 1. The van der Waals surface area contributed by atoms with Crippen LogP contribution in [0.4, 0.5) is 0 Å². The first kappa shape index (κ1) is 16.3. The lowest BCUT2D eigenvalue weighted by Crippen LogP contribution is -2.01. The number of pyridine rings is 1. The SMILES string of the molecule is CCOc1[c]cc(Cl)c(C#N)c1-c1cncc(S(C)(=O)=O)c1. The molecule has 1 aromatic carbocycles. The summed E-state index contributed by atoms with van der Waals surface area (Å²) in [4.78, 5) is 3.98. The molecule has 2 aromatic rings. The molecule has 7 heteroatoms. The normalized spacial score (nSPS) is 11.0. The molecule has 0 bridgehead atoms. The van der Waals surface area contributed by atoms with Gasteiger partial charge in [-0.15, -0.1) is 0 Å². The molecule has 1 heterocycles. The van der Waals surface area contributed by atoms with Crippen molar-refractivity contribution in [1.29, 1.82) is 5.26 Å². The van der Waals surface area contributed by atoms with Gasteiger partial charge in [-0.05, 0) is 19.1 Å². The van der Waals surface area contributed by atoms with Gasteiger partial charge in [-0.1, -0.05) is 11.6 Å². The lowest BCUT2D eigenvalue weighted by molar-refractivity contribution is 0.341. The van der Waals surface area contributed by atoms with E-state index in [1.807, 2.05) is 6.07 Å². The molecule has 2 rings (SSSR count). The number of aromatic nitrogens is 1. The van der Waals surface area contributed by atoms with Crippen molar-refractivity contribution in [2.24, 2.45) is 0 Å². The third kappa shape index (κ3) is 3.21. The number of nitrogens with zero attached hydrogens (tertiary/aromatic N) is 2. The molecule has 0 atom stereocenters. The van der Waals surface area contributed by atoms with Crippen molar-refractivity contribution in [3.05, 3.63) is 41.2 Å². The van der Waals surface area contributed by atoms with Gasteiger partial charge in [0.15, 0.2) is 9.84 Å². The maximum Gasteiger partial charge on any atom is 0.177 e. The third-order valence-electron chi connectivity index (χ3n) is 2.88. The standard InChI is InChI=1S/C15H12ClN2O3S/c1-3-21-14-5-4-13(16)12(7-17)15(14)10-6-11(9-18-8-10)22(2,19)20/h4,6,8-9H,3H2,1-2H3. The number of rotatable bonds is 4. The van der Waals surface area contributed by atoms with Crippen LogP contribution in [-0.4, -0.2) is 26.3 Å². The van der Waals surface area contributed by atoms with Crippen LogP contribution < -0.4 is 4.74 Å². The predicted molar refractivity (Wildman–Crippen MR) is 82.5 cm³/mol. The van der Waals surface area contributed by atoms with E-state index < -0.39 is 9.84 Å². The van der Waals surface area contributed by atoms with Gasteiger partial charge in [-0.25, -0.2) is 8.42 Å². The minimum absolute atomic E-state index is 0.0521. The summed E-state index contributed by atoms with van der Waals surface area (Å²) in [6.45, 7) is 2.17. The van der Waals surface area contributed by atoms with Crippen LogP contribution in [0.2, 0.25) is 5.02 Å². The zero-order valence-electron chi connectivity index (χ0n) is 11.9. The van der Waals surface area contributed by atoms with Crippen LogP contribution in [0.5, 0.6) is 5.75 Å². The Balaban J connectivity index is 2.76. The minimum atomic E-state index is -3.42. The molecular weight excluding hydrogens is 324 g/mol. The Hall–Kier alpha value is -2.10. The van der Waals surface area contributed by atoms with Crippen molar-refractivity contribution < 1.29 is 13.2 Å². The van der Waals surface area contributed by atoms with Crippen LogP contribution in [0.1, 0.15) is 12.5 Å². The molecule has 0 fully saturated rings. The van der Waals surface area contributed by atoms with Crippen molar-refractivity contribution in [1.82, 2.24) is 4.98 Å². The largest absolute Gasteiger partial charge is 0.493 e. The summed E-state index contributed by atoms with van der Waals surface area (Å²) in [5, 5.41) is 9.55. The maximum atomic E-state index is 11.7. The number of ether oxygens (including phenoxy) is 1. The van der Waals surface area contributed by atoms with Gasteiger partial charge in [-0.2, -0.15) is 5.26 Å². The van der Waals surface area contributed by atoms with E-state index in [1.165, 1.54) is 24.5 Å². The molecule has 0 unspecified atom stereocenters. The summed E-state index contributed by atoms with van der Waals surface area (Å²) in [6, 6.07) is 7.75. The van der Waals surface area contributed by atoms with Crippen LogP contribution >= 0.6 is 11.6 Å². The lowest BCUT2D eigenvalue weighted by atomic mass is 10.0. The Morgan fingerprint density at radius 2 is 2.18 bits per heavy atom. The Bertz CT molecular complexity index is 858. The van der Waals surface area contributed by atoms with E-state index in [4.69, 9.17) is 16.3 Å². The fourth-order valence-electron chi connectivity index (χ4n) is 1.91. The molecule has 1 aromatic heterocycles. The molecule has 5 nitrogen and oxygen atoms in total. The molecule has 0 aliphatic heterocycles. The number of hydrogen-bond acceptors (Lipinski definition) is 5. The topological polar surface area (TPSA) is 80.0 Å². The highest BCUT2D eigenvalue weighted by atomic mass is 35.5. The summed E-state index contributed by atoms with van der Waals surface area (Å²) in [6.07, 6.45) is 3.80. The molecule has 1 radical (unpaired) electrons. The van der Waals surface area contributed by atoms with E-state index in [-0.39, 0.29) is 15.5 Å². The first-order chi connectivity index (χ1) is 10.4. The van der Waals surface area contributed by atoms with Crippen molar-refractivity contribution in [2.45, 2.75) is 11.8 Å². The van der Waals surface area contributed by atoms with Gasteiger partial charge in [0.05, 0.1) is 22.1 Å².